The van der Waals surface area contributed by atoms with Gasteiger partial charge in [0, 0.05) is 12.2 Å². The summed E-state index contributed by atoms with van der Waals surface area (Å²) in [5.74, 6) is -0.786. The van der Waals surface area contributed by atoms with Gasteiger partial charge in [-0.2, -0.15) is 0 Å². The molecule has 0 bridgehead atoms. The molecule has 1 heterocycles. The summed E-state index contributed by atoms with van der Waals surface area (Å²) in [6.07, 6.45) is 34.6. The lowest BCUT2D eigenvalue weighted by Gasteiger charge is -2.29. The van der Waals surface area contributed by atoms with E-state index in [1.54, 1.807) is 0 Å². The Balaban J connectivity index is 1.67. The molecule has 1 fully saturated rings. The monoisotopic (exact) mass is 727 g/mol. The molecule has 1 aliphatic heterocycles. The molecular formula is C47H82O5. The Kier molecular flexibility index (Phi) is 24.9. The van der Waals surface area contributed by atoms with Gasteiger partial charge in [0.1, 0.15) is 5.60 Å². The van der Waals surface area contributed by atoms with E-state index in [4.69, 9.17) is 18.9 Å². The second kappa shape index (κ2) is 27.8. The quantitative estimate of drug-likeness (QED) is 0.0420. The summed E-state index contributed by atoms with van der Waals surface area (Å²) in [6, 6.07) is 10.4. The highest BCUT2D eigenvalue weighted by Gasteiger charge is 2.44. The number of hydrogen-bond donors (Lipinski definition) is 0. The van der Waals surface area contributed by atoms with E-state index in [0.717, 1.165) is 57.1 Å². The Hall–Kier alpha value is -1.69. The molecule has 2 rings (SSSR count). The van der Waals surface area contributed by atoms with Crippen molar-refractivity contribution in [1.29, 1.82) is 0 Å². The molecule has 52 heavy (non-hydrogen) atoms. The van der Waals surface area contributed by atoms with Crippen molar-refractivity contribution in [3.63, 3.8) is 0 Å². The van der Waals surface area contributed by atoms with Crippen LogP contribution in [0.3, 0.4) is 0 Å². The summed E-state index contributed by atoms with van der Waals surface area (Å²) in [5, 5.41) is 0. The first-order valence-electron chi connectivity index (χ1n) is 21.9. The summed E-state index contributed by atoms with van der Waals surface area (Å²) < 4.78 is 24.4. The minimum Gasteiger partial charge on any atom is -0.457 e. The third-order valence-electron chi connectivity index (χ3n) is 10.4. The maximum absolute atomic E-state index is 13.3. The molecule has 0 saturated carbocycles. The van der Waals surface area contributed by atoms with Crippen molar-refractivity contribution in [2.75, 3.05) is 13.2 Å². The molecule has 0 aromatic heterocycles. The molecule has 5 nitrogen and oxygen atoms in total. The number of carbonyl (C=O) groups is 1. The average molecular weight is 727 g/mol. The fourth-order valence-electron chi connectivity index (χ4n) is 7.31. The zero-order valence-electron chi connectivity index (χ0n) is 35.0. The second-order valence-corrected chi connectivity index (χ2v) is 17.2. The molecule has 5 heteroatoms. The number of hydrogen-bond acceptors (Lipinski definition) is 5. The third-order valence-corrected chi connectivity index (χ3v) is 10.4. The molecular weight excluding hydrogens is 645 g/mol. The molecule has 1 aromatic rings. The van der Waals surface area contributed by atoms with Gasteiger partial charge in [-0.3, -0.25) is 0 Å². The van der Waals surface area contributed by atoms with Crippen molar-refractivity contribution in [3.05, 3.63) is 47.5 Å². The van der Waals surface area contributed by atoms with Crippen molar-refractivity contribution in [3.8, 4) is 0 Å². The smallest absolute Gasteiger partial charge is 0.334 e. The van der Waals surface area contributed by atoms with Gasteiger partial charge < -0.3 is 18.9 Å². The van der Waals surface area contributed by atoms with Crippen LogP contribution in [0.15, 0.2) is 42.0 Å². The Morgan fingerprint density at radius 2 is 1.21 bits per heavy atom. The molecule has 300 valence electrons. The highest BCUT2D eigenvalue weighted by Crippen LogP contribution is 2.38. The minimum atomic E-state index is -0.608. The average Bonchev–Trinajstić information content (AvgIpc) is 3.41. The van der Waals surface area contributed by atoms with Crippen molar-refractivity contribution < 1.29 is 23.7 Å². The number of carbonyl (C=O) groups excluding carboxylic acids is 1. The normalized spacial score (nSPS) is 17.5. The summed E-state index contributed by atoms with van der Waals surface area (Å²) in [6.45, 7) is 14.2. The fraction of sp³-hybridized carbons (Fsp3) is 0.809. The standard InChI is InChI=1S/C47H82O5/c1-7-8-9-10-11-12-13-14-15-16-17-18-19-20-21-22-24-30-35-43(44(48)51-45(2,3)4)36-38-47(41-50-46(5,6)52-47)37-31-25-23-26-32-39-49-40-42-33-28-27-29-34-42/h27-29,33-34,36H,7-26,30-32,35,37-41H2,1-6H3/b43-36+. The lowest BCUT2D eigenvalue weighted by atomic mass is 9.91. The summed E-state index contributed by atoms with van der Waals surface area (Å²) in [7, 11) is 0. The summed E-state index contributed by atoms with van der Waals surface area (Å²) in [4.78, 5) is 13.3. The van der Waals surface area contributed by atoms with Gasteiger partial charge in [-0.05, 0) is 72.3 Å². The van der Waals surface area contributed by atoms with Crippen LogP contribution in [0.25, 0.3) is 0 Å². The number of unbranched alkanes of at least 4 members (excludes halogenated alkanes) is 21. The van der Waals surface area contributed by atoms with Crippen molar-refractivity contribution >= 4 is 5.97 Å². The van der Waals surface area contributed by atoms with Gasteiger partial charge in [0.15, 0.2) is 5.79 Å². The van der Waals surface area contributed by atoms with Crippen molar-refractivity contribution in [2.24, 2.45) is 0 Å². The molecule has 0 radical (unpaired) electrons. The topological polar surface area (TPSA) is 54.0 Å². The van der Waals surface area contributed by atoms with Crippen LogP contribution in [0, 0.1) is 0 Å². The molecule has 1 aromatic carbocycles. The van der Waals surface area contributed by atoms with Gasteiger partial charge in [-0.25, -0.2) is 4.79 Å². The van der Waals surface area contributed by atoms with E-state index in [0.29, 0.717) is 19.6 Å². The third kappa shape index (κ3) is 23.9. The van der Waals surface area contributed by atoms with Gasteiger partial charge in [-0.15, -0.1) is 0 Å². The fourth-order valence-corrected chi connectivity index (χ4v) is 7.31. The van der Waals surface area contributed by atoms with Gasteiger partial charge in [0.05, 0.1) is 18.8 Å². The Morgan fingerprint density at radius 1 is 0.712 bits per heavy atom. The van der Waals surface area contributed by atoms with E-state index in [1.807, 2.05) is 40.7 Å². The van der Waals surface area contributed by atoms with Crippen LogP contribution < -0.4 is 0 Å². The SMILES string of the molecule is CCCCCCCCCCCCCCCCCCCC/C(=C\CC1(CCCCCCCOCc2ccccc2)COC(C)(C)O1)C(=O)OC(C)(C)C. The van der Waals surface area contributed by atoms with Crippen LogP contribution >= 0.6 is 0 Å². The second-order valence-electron chi connectivity index (χ2n) is 17.2. The van der Waals surface area contributed by atoms with E-state index < -0.39 is 17.0 Å². The summed E-state index contributed by atoms with van der Waals surface area (Å²) in [5.41, 5.74) is 1.12. The lowest BCUT2D eigenvalue weighted by molar-refractivity contribution is -0.162. The maximum atomic E-state index is 13.3. The minimum absolute atomic E-state index is 0.178. The first kappa shape index (κ1) is 46.5. The lowest BCUT2D eigenvalue weighted by Crippen LogP contribution is -2.34. The first-order chi connectivity index (χ1) is 25.0. The van der Waals surface area contributed by atoms with Crippen LogP contribution in [-0.2, 0) is 30.3 Å². The first-order valence-corrected chi connectivity index (χ1v) is 21.9. The Bertz CT molecular complexity index is 1040. The zero-order chi connectivity index (χ0) is 37.8. The molecule has 0 spiro atoms. The van der Waals surface area contributed by atoms with Crippen molar-refractivity contribution in [2.45, 2.75) is 232 Å². The number of benzene rings is 1. The van der Waals surface area contributed by atoms with Crippen LogP contribution in [0.1, 0.15) is 214 Å². The molecule has 1 unspecified atom stereocenters. The largest absolute Gasteiger partial charge is 0.457 e. The van der Waals surface area contributed by atoms with E-state index in [9.17, 15) is 4.79 Å². The highest BCUT2D eigenvalue weighted by molar-refractivity contribution is 5.88. The number of ether oxygens (including phenoxy) is 4. The molecule has 0 N–H and O–H groups in total. The predicted octanol–water partition coefficient (Wildman–Crippen LogP) is 14.2. The van der Waals surface area contributed by atoms with E-state index >= 15 is 0 Å². The van der Waals surface area contributed by atoms with E-state index in [-0.39, 0.29) is 5.97 Å². The van der Waals surface area contributed by atoms with Crippen LogP contribution in [0.2, 0.25) is 0 Å². The van der Waals surface area contributed by atoms with Crippen LogP contribution in [0.5, 0.6) is 0 Å². The van der Waals surface area contributed by atoms with E-state index in [1.165, 1.54) is 121 Å². The molecule has 0 amide bonds. The molecule has 1 atom stereocenters. The van der Waals surface area contributed by atoms with Crippen molar-refractivity contribution in [1.82, 2.24) is 0 Å². The molecule has 0 aliphatic carbocycles. The van der Waals surface area contributed by atoms with Crippen LogP contribution in [-0.4, -0.2) is 36.2 Å². The summed E-state index contributed by atoms with van der Waals surface area (Å²) >= 11 is 0. The van der Waals surface area contributed by atoms with Gasteiger partial charge >= 0.3 is 5.97 Å². The van der Waals surface area contributed by atoms with Gasteiger partial charge in [0.25, 0.3) is 0 Å². The van der Waals surface area contributed by atoms with Crippen LogP contribution in [0.4, 0.5) is 0 Å². The number of esters is 1. The maximum Gasteiger partial charge on any atom is 0.334 e. The Labute approximate surface area is 321 Å². The van der Waals surface area contributed by atoms with E-state index in [2.05, 4.69) is 37.3 Å². The number of rotatable bonds is 32. The molecule has 1 aliphatic rings. The zero-order valence-corrected chi connectivity index (χ0v) is 35.0. The van der Waals surface area contributed by atoms with Gasteiger partial charge in [-0.1, -0.05) is 178 Å². The van der Waals surface area contributed by atoms with Gasteiger partial charge in [0.2, 0.25) is 0 Å². The predicted molar refractivity (Wildman–Crippen MR) is 220 cm³/mol. The molecule has 1 saturated heterocycles. The Morgan fingerprint density at radius 3 is 1.71 bits per heavy atom. The highest BCUT2D eigenvalue weighted by atomic mass is 16.8.